The number of aliphatic hydroxyl groups excluding tert-OH is 1. The molecule has 0 aliphatic carbocycles. The number of nitrogens with zero attached hydrogens (tertiary/aromatic N) is 2. The number of hydrogen-bond acceptors (Lipinski definition) is 6. The van der Waals surface area contributed by atoms with Crippen molar-refractivity contribution in [3.8, 4) is 16.9 Å². The SMILES string of the molecule is COc1ccccc1COCC(O)Cn1cnc2scc(-c3ccc(C)c(C)c3)c2c1=O. The van der Waals surface area contributed by atoms with Crippen LogP contribution in [0.15, 0.2) is 59.0 Å². The molecule has 2 aromatic carbocycles. The molecule has 0 saturated carbocycles. The predicted octanol–water partition coefficient (Wildman–Crippen LogP) is 4.33. The number of thiophene rings is 1. The van der Waals surface area contributed by atoms with Gasteiger partial charge < -0.3 is 14.6 Å². The normalized spacial score (nSPS) is 12.2. The second kappa shape index (κ2) is 9.65. The molecule has 1 atom stereocenters. The van der Waals surface area contributed by atoms with Crippen molar-refractivity contribution >= 4 is 21.6 Å². The van der Waals surface area contributed by atoms with E-state index in [1.165, 1.54) is 33.4 Å². The van der Waals surface area contributed by atoms with Gasteiger partial charge in [-0.3, -0.25) is 9.36 Å². The zero-order chi connectivity index (χ0) is 22.7. The Labute approximate surface area is 190 Å². The van der Waals surface area contributed by atoms with Gasteiger partial charge in [0.2, 0.25) is 0 Å². The number of para-hydroxylation sites is 1. The van der Waals surface area contributed by atoms with Crippen LogP contribution >= 0.6 is 11.3 Å². The van der Waals surface area contributed by atoms with Crippen molar-refractivity contribution in [2.45, 2.75) is 33.1 Å². The smallest absolute Gasteiger partial charge is 0.262 e. The summed E-state index contributed by atoms with van der Waals surface area (Å²) in [5.74, 6) is 0.740. The minimum Gasteiger partial charge on any atom is -0.496 e. The van der Waals surface area contributed by atoms with E-state index in [1.807, 2.05) is 35.7 Å². The number of aryl methyl sites for hydroxylation is 2. The lowest BCUT2D eigenvalue weighted by atomic mass is 10.0. The van der Waals surface area contributed by atoms with Crippen molar-refractivity contribution in [2.24, 2.45) is 0 Å². The molecule has 0 fully saturated rings. The van der Waals surface area contributed by atoms with E-state index < -0.39 is 6.10 Å². The summed E-state index contributed by atoms with van der Waals surface area (Å²) in [7, 11) is 1.61. The first-order valence-corrected chi connectivity index (χ1v) is 11.3. The van der Waals surface area contributed by atoms with Gasteiger partial charge in [0.05, 0.1) is 44.7 Å². The number of aromatic nitrogens is 2. The summed E-state index contributed by atoms with van der Waals surface area (Å²) in [5, 5.41) is 13.0. The number of hydrogen-bond donors (Lipinski definition) is 1. The second-order valence-corrected chi connectivity index (χ2v) is 8.67. The molecule has 2 aromatic heterocycles. The van der Waals surface area contributed by atoms with E-state index in [9.17, 15) is 9.90 Å². The van der Waals surface area contributed by atoms with Gasteiger partial charge in [-0.05, 0) is 36.6 Å². The van der Waals surface area contributed by atoms with E-state index >= 15 is 0 Å². The summed E-state index contributed by atoms with van der Waals surface area (Å²) < 4.78 is 12.4. The van der Waals surface area contributed by atoms with Gasteiger partial charge in [0.25, 0.3) is 5.56 Å². The van der Waals surface area contributed by atoms with Crippen molar-refractivity contribution in [1.82, 2.24) is 9.55 Å². The van der Waals surface area contributed by atoms with Gasteiger partial charge in [-0.15, -0.1) is 11.3 Å². The van der Waals surface area contributed by atoms with E-state index in [4.69, 9.17) is 9.47 Å². The lowest BCUT2D eigenvalue weighted by Gasteiger charge is -2.14. The molecule has 0 spiro atoms. The largest absolute Gasteiger partial charge is 0.496 e. The Morgan fingerprint density at radius 1 is 1.16 bits per heavy atom. The van der Waals surface area contributed by atoms with Crippen LogP contribution in [0.2, 0.25) is 0 Å². The van der Waals surface area contributed by atoms with Crippen LogP contribution in [0.5, 0.6) is 5.75 Å². The highest BCUT2D eigenvalue weighted by Gasteiger charge is 2.16. The molecule has 2 heterocycles. The maximum Gasteiger partial charge on any atom is 0.262 e. The van der Waals surface area contributed by atoms with Crippen molar-refractivity contribution in [3.05, 3.63) is 81.2 Å². The van der Waals surface area contributed by atoms with Crippen molar-refractivity contribution in [1.29, 1.82) is 0 Å². The number of benzene rings is 2. The molecule has 7 heteroatoms. The first-order chi connectivity index (χ1) is 15.5. The highest BCUT2D eigenvalue weighted by atomic mass is 32.1. The molecule has 4 aromatic rings. The maximum atomic E-state index is 13.2. The summed E-state index contributed by atoms with van der Waals surface area (Å²) in [4.78, 5) is 18.4. The third kappa shape index (κ3) is 4.60. The molecule has 1 unspecified atom stereocenters. The molecule has 0 aliphatic heterocycles. The molecule has 166 valence electrons. The molecule has 4 rings (SSSR count). The summed E-state index contributed by atoms with van der Waals surface area (Å²) in [6, 6.07) is 13.8. The maximum absolute atomic E-state index is 13.2. The lowest BCUT2D eigenvalue weighted by molar-refractivity contribution is 0.0192. The van der Waals surface area contributed by atoms with Gasteiger partial charge in [0.15, 0.2) is 0 Å². The zero-order valence-electron chi connectivity index (χ0n) is 18.4. The van der Waals surface area contributed by atoms with E-state index in [2.05, 4.69) is 31.0 Å². The molecule has 0 saturated heterocycles. The summed E-state index contributed by atoms with van der Waals surface area (Å²) in [6.07, 6.45) is 0.653. The van der Waals surface area contributed by atoms with E-state index in [-0.39, 0.29) is 18.7 Å². The Kier molecular flexibility index (Phi) is 6.69. The van der Waals surface area contributed by atoms with E-state index in [1.54, 1.807) is 7.11 Å². The van der Waals surface area contributed by atoms with Gasteiger partial charge >= 0.3 is 0 Å². The fourth-order valence-corrected chi connectivity index (χ4v) is 4.53. The Balaban J connectivity index is 1.50. The first-order valence-electron chi connectivity index (χ1n) is 10.4. The van der Waals surface area contributed by atoms with Crippen molar-refractivity contribution < 1.29 is 14.6 Å². The molecule has 32 heavy (non-hydrogen) atoms. The van der Waals surface area contributed by atoms with Gasteiger partial charge in [-0.25, -0.2) is 4.98 Å². The first kappa shape index (κ1) is 22.2. The Bertz CT molecular complexity index is 1290. The fraction of sp³-hybridized carbons (Fsp3) is 0.280. The average molecular weight is 451 g/mol. The van der Waals surface area contributed by atoms with Crippen molar-refractivity contribution in [2.75, 3.05) is 13.7 Å². The van der Waals surface area contributed by atoms with Crippen LogP contribution in [0.25, 0.3) is 21.3 Å². The standard InChI is InChI=1S/C25H26N2O4S/c1-16-8-9-18(10-17(16)2)21-14-32-24-23(21)25(29)27(15-26-24)11-20(28)13-31-12-19-6-4-5-7-22(19)30-3/h4-10,14-15,20,28H,11-13H2,1-3H3. The van der Waals surface area contributed by atoms with Crippen LogP contribution in [0.1, 0.15) is 16.7 Å². The zero-order valence-corrected chi connectivity index (χ0v) is 19.2. The molecule has 0 radical (unpaired) electrons. The van der Waals surface area contributed by atoms with Gasteiger partial charge in [0, 0.05) is 16.5 Å². The lowest BCUT2D eigenvalue weighted by Crippen LogP contribution is -2.29. The quantitative estimate of drug-likeness (QED) is 0.433. The van der Waals surface area contributed by atoms with Crippen LogP contribution in [0, 0.1) is 13.8 Å². The van der Waals surface area contributed by atoms with Crippen LogP contribution in [0.4, 0.5) is 0 Å². The van der Waals surface area contributed by atoms with Gasteiger partial charge in [-0.2, -0.15) is 0 Å². The average Bonchev–Trinajstić information content (AvgIpc) is 3.23. The summed E-state index contributed by atoms with van der Waals surface area (Å²) >= 11 is 1.45. The molecule has 0 bridgehead atoms. The van der Waals surface area contributed by atoms with E-state index in [0.29, 0.717) is 16.8 Å². The topological polar surface area (TPSA) is 73.6 Å². The third-order valence-electron chi connectivity index (χ3n) is 5.55. The minimum atomic E-state index is -0.842. The minimum absolute atomic E-state index is 0.0934. The number of fused-ring (bicyclic) bond motifs is 1. The monoisotopic (exact) mass is 450 g/mol. The highest BCUT2D eigenvalue weighted by Crippen LogP contribution is 2.31. The number of aliphatic hydroxyl groups is 1. The molecular weight excluding hydrogens is 424 g/mol. The van der Waals surface area contributed by atoms with Gasteiger partial charge in [0.1, 0.15) is 10.6 Å². The molecule has 0 aliphatic rings. The summed E-state index contributed by atoms with van der Waals surface area (Å²) in [6.45, 7) is 4.64. The molecule has 0 amide bonds. The Morgan fingerprint density at radius 3 is 2.75 bits per heavy atom. The molecule has 6 nitrogen and oxygen atoms in total. The van der Waals surface area contributed by atoms with Crippen LogP contribution in [-0.2, 0) is 17.9 Å². The van der Waals surface area contributed by atoms with E-state index in [0.717, 1.165) is 22.4 Å². The van der Waals surface area contributed by atoms with Crippen LogP contribution in [-0.4, -0.2) is 34.5 Å². The highest BCUT2D eigenvalue weighted by molar-refractivity contribution is 7.17. The second-order valence-electron chi connectivity index (χ2n) is 7.81. The van der Waals surface area contributed by atoms with Gasteiger partial charge in [-0.1, -0.05) is 36.4 Å². The number of rotatable bonds is 8. The van der Waals surface area contributed by atoms with Crippen LogP contribution < -0.4 is 10.3 Å². The Morgan fingerprint density at radius 2 is 1.97 bits per heavy atom. The summed E-state index contributed by atoms with van der Waals surface area (Å²) in [5.41, 5.74) is 5.00. The van der Waals surface area contributed by atoms with Crippen molar-refractivity contribution in [3.63, 3.8) is 0 Å². The third-order valence-corrected chi connectivity index (χ3v) is 6.43. The predicted molar refractivity (Wildman–Crippen MR) is 127 cm³/mol. The number of ether oxygens (including phenoxy) is 2. The Hall–Kier alpha value is -3.00. The fourth-order valence-electron chi connectivity index (χ4n) is 3.63. The molecule has 1 N–H and O–H groups in total. The number of methoxy groups -OCH3 is 1. The van der Waals surface area contributed by atoms with Crippen LogP contribution in [0.3, 0.4) is 0 Å². The molecular formula is C25H26N2O4S.